The minimum Gasteiger partial charge on any atom is -0.359 e. The molecule has 0 bridgehead atoms. The lowest BCUT2D eigenvalue weighted by Gasteiger charge is -2.11. The zero-order chi connectivity index (χ0) is 8.86. The van der Waals surface area contributed by atoms with E-state index < -0.39 is 0 Å². The summed E-state index contributed by atoms with van der Waals surface area (Å²) in [6.45, 7) is 8.46. The van der Waals surface area contributed by atoms with Crippen LogP contribution in [0.15, 0.2) is 0 Å². The summed E-state index contributed by atoms with van der Waals surface area (Å²) in [5.41, 5.74) is 0.0366. The molecule has 64 valence electrons. The molecule has 1 N–H and O–H groups in total. The highest BCUT2D eigenvalue weighted by atomic mass is 16.2. The fourth-order valence-corrected chi connectivity index (χ4v) is 2.02. The number of amides is 1. The van der Waals surface area contributed by atoms with Crippen LogP contribution in [0.2, 0.25) is 0 Å². The molecule has 0 aromatic heterocycles. The first kappa shape index (κ1) is 8.57. The maximum absolute atomic E-state index is 11.4. The van der Waals surface area contributed by atoms with Gasteiger partial charge in [0, 0.05) is 7.05 Å². The lowest BCUT2D eigenvalue weighted by molar-refractivity contribution is -0.126. The predicted octanol–water partition coefficient (Wildman–Crippen LogP) is 1.41. The van der Waals surface area contributed by atoms with Crippen molar-refractivity contribution >= 4 is 5.91 Å². The Morgan fingerprint density at radius 1 is 1.36 bits per heavy atom. The Hall–Kier alpha value is -0.530. The minimum atomic E-state index is -0.137. The van der Waals surface area contributed by atoms with E-state index in [-0.39, 0.29) is 16.7 Å². The van der Waals surface area contributed by atoms with Gasteiger partial charge in [0.1, 0.15) is 0 Å². The molecule has 1 amide bonds. The molecule has 0 saturated heterocycles. The second-order valence-electron chi connectivity index (χ2n) is 4.22. The van der Waals surface area contributed by atoms with E-state index in [0.29, 0.717) is 5.92 Å². The number of rotatable bonds is 1. The van der Waals surface area contributed by atoms with Gasteiger partial charge in [0.25, 0.3) is 0 Å². The summed E-state index contributed by atoms with van der Waals surface area (Å²) in [7, 11) is 1.70. The van der Waals surface area contributed by atoms with Gasteiger partial charge in [-0.25, -0.2) is 0 Å². The molecule has 1 rings (SSSR count). The molecule has 1 aliphatic rings. The standard InChI is InChI=1S/C9H17NO/c1-6-8(2,3)9(6,4)7(11)10-5/h6H,1-5H3,(H,10,11). The average molecular weight is 155 g/mol. The fraction of sp³-hybridized carbons (Fsp3) is 0.889. The van der Waals surface area contributed by atoms with Crippen LogP contribution in [0.25, 0.3) is 0 Å². The monoisotopic (exact) mass is 155 g/mol. The van der Waals surface area contributed by atoms with Crippen molar-refractivity contribution in [2.45, 2.75) is 27.7 Å². The summed E-state index contributed by atoms with van der Waals surface area (Å²) in [6, 6.07) is 0. The van der Waals surface area contributed by atoms with Gasteiger partial charge >= 0.3 is 0 Å². The Morgan fingerprint density at radius 2 is 1.73 bits per heavy atom. The summed E-state index contributed by atoms with van der Waals surface area (Å²) in [4.78, 5) is 11.4. The number of carbonyl (C=O) groups excluding carboxylic acids is 1. The van der Waals surface area contributed by atoms with Crippen LogP contribution in [0.5, 0.6) is 0 Å². The highest BCUT2D eigenvalue weighted by molar-refractivity contribution is 5.86. The van der Waals surface area contributed by atoms with Crippen LogP contribution in [0.3, 0.4) is 0 Å². The quantitative estimate of drug-likeness (QED) is 0.609. The molecule has 0 aliphatic heterocycles. The number of hydrogen-bond acceptors (Lipinski definition) is 1. The Morgan fingerprint density at radius 3 is 1.82 bits per heavy atom. The van der Waals surface area contributed by atoms with Crippen LogP contribution in [0.4, 0.5) is 0 Å². The molecule has 2 atom stereocenters. The van der Waals surface area contributed by atoms with E-state index in [1.54, 1.807) is 7.05 Å². The van der Waals surface area contributed by atoms with Crippen LogP contribution < -0.4 is 5.32 Å². The van der Waals surface area contributed by atoms with Crippen molar-refractivity contribution in [3.63, 3.8) is 0 Å². The van der Waals surface area contributed by atoms with Gasteiger partial charge in [-0.05, 0) is 18.3 Å². The van der Waals surface area contributed by atoms with Gasteiger partial charge < -0.3 is 5.32 Å². The summed E-state index contributed by atoms with van der Waals surface area (Å²) in [5, 5.41) is 2.71. The van der Waals surface area contributed by atoms with Crippen molar-refractivity contribution in [3.05, 3.63) is 0 Å². The van der Waals surface area contributed by atoms with Crippen LogP contribution in [0.1, 0.15) is 27.7 Å². The third-order valence-electron chi connectivity index (χ3n) is 3.90. The number of nitrogens with one attached hydrogen (secondary N) is 1. The summed E-state index contributed by atoms with van der Waals surface area (Å²) >= 11 is 0. The molecule has 0 spiro atoms. The smallest absolute Gasteiger partial charge is 0.226 e. The van der Waals surface area contributed by atoms with Crippen LogP contribution in [-0.4, -0.2) is 13.0 Å². The van der Waals surface area contributed by atoms with Gasteiger partial charge in [-0.15, -0.1) is 0 Å². The number of hydrogen-bond donors (Lipinski definition) is 1. The van der Waals surface area contributed by atoms with Crippen molar-refractivity contribution in [1.29, 1.82) is 0 Å². The van der Waals surface area contributed by atoms with Gasteiger partial charge in [-0.2, -0.15) is 0 Å². The molecule has 0 aromatic carbocycles. The zero-order valence-corrected chi connectivity index (χ0v) is 7.99. The average Bonchev–Trinajstić information content (AvgIpc) is 2.34. The maximum Gasteiger partial charge on any atom is 0.226 e. The predicted molar refractivity (Wildman–Crippen MR) is 45.1 cm³/mol. The van der Waals surface area contributed by atoms with Gasteiger partial charge in [0.2, 0.25) is 5.91 Å². The van der Waals surface area contributed by atoms with Crippen molar-refractivity contribution in [3.8, 4) is 0 Å². The first-order valence-electron chi connectivity index (χ1n) is 4.11. The Kier molecular flexibility index (Phi) is 1.55. The molecule has 2 unspecified atom stereocenters. The van der Waals surface area contributed by atoms with Gasteiger partial charge in [0.05, 0.1) is 5.41 Å². The van der Waals surface area contributed by atoms with Crippen LogP contribution >= 0.6 is 0 Å². The van der Waals surface area contributed by atoms with Crippen LogP contribution in [-0.2, 0) is 4.79 Å². The topological polar surface area (TPSA) is 29.1 Å². The largest absolute Gasteiger partial charge is 0.359 e. The SMILES string of the molecule is CNC(=O)C1(C)C(C)C1(C)C. The van der Waals surface area contributed by atoms with Crippen LogP contribution in [0, 0.1) is 16.7 Å². The highest BCUT2D eigenvalue weighted by Crippen LogP contribution is 2.68. The summed E-state index contributed by atoms with van der Waals surface area (Å²) < 4.78 is 0. The van der Waals surface area contributed by atoms with Crippen molar-refractivity contribution in [2.75, 3.05) is 7.05 Å². The normalized spacial score (nSPS) is 39.9. The Bertz CT molecular complexity index is 198. The van der Waals surface area contributed by atoms with E-state index >= 15 is 0 Å². The Labute approximate surface area is 68.4 Å². The van der Waals surface area contributed by atoms with Gasteiger partial charge in [0.15, 0.2) is 0 Å². The zero-order valence-electron chi connectivity index (χ0n) is 7.99. The molecule has 0 heterocycles. The van der Waals surface area contributed by atoms with E-state index in [9.17, 15) is 4.79 Å². The molecular weight excluding hydrogens is 138 g/mol. The summed E-state index contributed by atoms with van der Waals surface area (Å²) in [5.74, 6) is 0.671. The summed E-state index contributed by atoms with van der Waals surface area (Å²) in [6.07, 6.45) is 0. The molecule has 0 aromatic rings. The lowest BCUT2D eigenvalue weighted by Crippen LogP contribution is -2.30. The third kappa shape index (κ3) is 0.754. The van der Waals surface area contributed by atoms with Gasteiger partial charge in [-0.1, -0.05) is 20.8 Å². The van der Waals surface area contributed by atoms with Crippen molar-refractivity contribution < 1.29 is 4.79 Å². The first-order chi connectivity index (χ1) is 4.89. The van der Waals surface area contributed by atoms with Gasteiger partial charge in [-0.3, -0.25) is 4.79 Å². The first-order valence-corrected chi connectivity index (χ1v) is 4.11. The minimum absolute atomic E-state index is 0.137. The van der Waals surface area contributed by atoms with E-state index in [0.717, 1.165) is 0 Å². The second kappa shape index (κ2) is 1.99. The van der Waals surface area contributed by atoms with E-state index in [1.807, 2.05) is 6.92 Å². The fourth-order valence-electron chi connectivity index (χ4n) is 2.02. The third-order valence-corrected chi connectivity index (χ3v) is 3.90. The molecular formula is C9H17NO. The number of carbonyl (C=O) groups is 1. The highest BCUT2D eigenvalue weighted by Gasteiger charge is 2.69. The molecule has 1 aliphatic carbocycles. The molecule has 2 heteroatoms. The van der Waals surface area contributed by atoms with E-state index in [1.165, 1.54) is 0 Å². The molecule has 1 fully saturated rings. The molecule has 11 heavy (non-hydrogen) atoms. The Balaban J connectivity index is 2.82. The maximum atomic E-state index is 11.4. The van der Waals surface area contributed by atoms with E-state index in [2.05, 4.69) is 26.1 Å². The molecule has 1 saturated carbocycles. The van der Waals surface area contributed by atoms with Crippen molar-refractivity contribution in [1.82, 2.24) is 5.32 Å². The van der Waals surface area contributed by atoms with Crippen molar-refractivity contribution in [2.24, 2.45) is 16.7 Å². The van der Waals surface area contributed by atoms with E-state index in [4.69, 9.17) is 0 Å². The molecule has 2 nitrogen and oxygen atoms in total. The molecule has 0 radical (unpaired) electrons. The second-order valence-corrected chi connectivity index (χ2v) is 4.22. The lowest BCUT2D eigenvalue weighted by atomic mass is 9.97.